The predicted molar refractivity (Wildman–Crippen MR) is 70.8 cm³/mol. The monoisotopic (exact) mass is 228 g/mol. The zero-order valence-electron chi connectivity index (χ0n) is 10.3. The molecule has 1 heterocycles. The molecule has 0 aliphatic heterocycles. The van der Waals surface area contributed by atoms with Crippen LogP contribution < -0.4 is 10.6 Å². The van der Waals surface area contributed by atoms with E-state index in [1.165, 1.54) is 11.1 Å². The maximum Gasteiger partial charge on any atom is 0.135 e. The fraction of sp³-hybridized carbons (Fsp3) is 0.231. The van der Waals surface area contributed by atoms with Crippen LogP contribution >= 0.6 is 0 Å². The molecule has 0 aliphatic rings. The molecule has 0 saturated carbocycles. The van der Waals surface area contributed by atoms with Gasteiger partial charge in [-0.3, -0.25) is 0 Å². The van der Waals surface area contributed by atoms with Crippen LogP contribution in [0.5, 0.6) is 0 Å². The lowest BCUT2D eigenvalue weighted by Crippen LogP contribution is -1.99. The number of hydrogen-bond acceptors (Lipinski definition) is 4. The molecule has 0 aliphatic carbocycles. The summed E-state index contributed by atoms with van der Waals surface area (Å²) in [5, 5.41) is 6.28. The van der Waals surface area contributed by atoms with E-state index in [0.29, 0.717) is 0 Å². The van der Waals surface area contributed by atoms with Gasteiger partial charge >= 0.3 is 0 Å². The minimum absolute atomic E-state index is 0.790. The molecule has 1 aromatic carbocycles. The van der Waals surface area contributed by atoms with Crippen molar-refractivity contribution >= 4 is 17.3 Å². The van der Waals surface area contributed by atoms with E-state index < -0.39 is 0 Å². The first kappa shape index (κ1) is 11.4. The van der Waals surface area contributed by atoms with Gasteiger partial charge in [-0.2, -0.15) is 0 Å². The van der Waals surface area contributed by atoms with Crippen LogP contribution in [0.2, 0.25) is 0 Å². The Morgan fingerprint density at radius 3 is 2.53 bits per heavy atom. The fourth-order valence-electron chi connectivity index (χ4n) is 1.57. The van der Waals surface area contributed by atoms with E-state index in [1.807, 2.05) is 13.1 Å². The van der Waals surface area contributed by atoms with Gasteiger partial charge in [0.25, 0.3) is 0 Å². The summed E-state index contributed by atoms with van der Waals surface area (Å²) in [6.07, 6.45) is 1.54. The molecule has 1 aromatic heterocycles. The van der Waals surface area contributed by atoms with Crippen molar-refractivity contribution in [3.8, 4) is 0 Å². The predicted octanol–water partition coefficient (Wildman–Crippen LogP) is 2.88. The summed E-state index contributed by atoms with van der Waals surface area (Å²) in [6, 6.07) is 8.18. The summed E-state index contributed by atoms with van der Waals surface area (Å²) in [4.78, 5) is 8.27. The van der Waals surface area contributed by atoms with Gasteiger partial charge in [0, 0.05) is 18.8 Å². The highest BCUT2D eigenvalue weighted by molar-refractivity contribution is 5.62. The van der Waals surface area contributed by atoms with E-state index in [1.54, 1.807) is 6.33 Å². The Kier molecular flexibility index (Phi) is 3.23. The minimum atomic E-state index is 0.790. The first-order valence-electron chi connectivity index (χ1n) is 5.53. The maximum atomic E-state index is 4.19. The Labute approximate surface area is 101 Å². The van der Waals surface area contributed by atoms with Crippen molar-refractivity contribution < 1.29 is 0 Å². The van der Waals surface area contributed by atoms with Crippen LogP contribution in [0.25, 0.3) is 0 Å². The average Bonchev–Trinajstić information content (AvgIpc) is 2.34. The van der Waals surface area contributed by atoms with Crippen LogP contribution in [0.15, 0.2) is 30.6 Å². The van der Waals surface area contributed by atoms with Crippen LogP contribution in [-0.2, 0) is 0 Å². The van der Waals surface area contributed by atoms with Gasteiger partial charge < -0.3 is 10.6 Å². The first-order valence-corrected chi connectivity index (χ1v) is 5.53. The van der Waals surface area contributed by atoms with Crippen molar-refractivity contribution in [3.63, 3.8) is 0 Å². The third kappa shape index (κ3) is 2.72. The molecule has 2 aromatic rings. The molecule has 0 bridgehead atoms. The molecule has 4 nitrogen and oxygen atoms in total. The number of aryl methyl sites for hydroxylation is 2. The SMILES string of the molecule is CNc1cc(Nc2cc(C)ccc2C)ncn1. The number of nitrogens with one attached hydrogen (secondary N) is 2. The molecule has 0 saturated heterocycles. The molecule has 88 valence electrons. The molecule has 0 fully saturated rings. The highest BCUT2D eigenvalue weighted by Gasteiger charge is 2.01. The number of hydrogen-bond donors (Lipinski definition) is 2. The summed E-state index contributed by atoms with van der Waals surface area (Å²) in [5.41, 5.74) is 3.49. The molecular weight excluding hydrogens is 212 g/mol. The second-order valence-electron chi connectivity index (χ2n) is 3.98. The summed E-state index contributed by atoms with van der Waals surface area (Å²) < 4.78 is 0. The number of aromatic nitrogens is 2. The van der Waals surface area contributed by atoms with E-state index in [4.69, 9.17) is 0 Å². The Balaban J connectivity index is 2.27. The van der Waals surface area contributed by atoms with Crippen molar-refractivity contribution in [1.82, 2.24) is 9.97 Å². The number of rotatable bonds is 3. The van der Waals surface area contributed by atoms with Gasteiger partial charge in [-0.05, 0) is 31.0 Å². The van der Waals surface area contributed by atoms with Crippen molar-refractivity contribution in [1.29, 1.82) is 0 Å². The zero-order valence-corrected chi connectivity index (χ0v) is 10.3. The summed E-state index contributed by atoms with van der Waals surface area (Å²) in [7, 11) is 1.84. The Hall–Kier alpha value is -2.10. The topological polar surface area (TPSA) is 49.8 Å². The van der Waals surface area contributed by atoms with Gasteiger partial charge in [0.05, 0.1) is 0 Å². The molecule has 0 unspecified atom stereocenters. The smallest absolute Gasteiger partial charge is 0.135 e. The highest BCUT2D eigenvalue weighted by atomic mass is 15.1. The number of nitrogens with zero attached hydrogens (tertiary/aromatic N) is 2. The Morgan fingerprint density at radius 2 is 1.76 bits per heavy atom. The van der Waals surface area contributed by atoms with Gasteiger partial charge in [-0.15, -0.1) is 0 Å². The second kappa shape index (κ2) is 4.82. The normalized spacial score (nSPS) is 10.1. The highest BCUT2D eigenvalue weighted by Crippen LogP contribution is 2.21. The molecular formula is C13H16N4. The molecule has 0 spiro atoms. The molecule has 0 radical (unpaired) electrons. The largest absolute Gasteiger partial charge is 0.373 e. The van der Waals surface area contributed by atoms with E-state index in [-0.39, 0.29) is 0 Å². The van der Waals surface area contributed by atoms with Crippen LogP contribution in [0.1, 0.15) is 11.1 Å². The zero-order chi connectivity index (χ0) is 12.3. The third-order valence-electron chi connectivity index (χ3n) is 2.58. The summed E-state index contributed by atoms with van der Waals surface area (Å²) in [5.74, 6) is 1.59. The maximum absolute atomic E-state index is 4.19. The first-order chi connectivity index (χ1) is 8.19. The molecule has 0 atom stereocenters. The number of anilines is 3. The Morgan fingerprint density at radius 1 is 1.00 bits per heavy atom. The van der Waals surface area contributed by atoms with Gasteiger partial charge in [-0.25, -0.2) is 9.97 Å². The summed E-state index contributed by atoms with van der Waals surface area (Å²) >= 11 is 0. The fourth-order valence-corrected chi connectivity index (χ4v) is 1.57. The molecule has 4 heteroatoms. The lowest BCUT2D eigenvalue weighted by atomic mass is 10.1. The second-order valence-corrected chi connectivity index (χ2v) is 3.98. The lowest BCUT2D eigenvalue weighted by Gasteiger charge is -2.10. The Bertz CT molecular complexity index is 523. The van der Waals surface area contributed by atoms with E-state index in [0.717, 1.165) is 17.3 Å². The third-order valence-corrected chi connectivity index (χ3v) is 2.58. The summed E-state index contributed by atoms with van der Waals surface area (Å²) in [6.45, 7) is 4.14. The quantitative estimate of drug-likeness (QED) is 0.848. The standard InChI is InChI=1S/C13H16N4/c1-9-4-5-10(2)11(6-9)17-13-7-12(14-3)15-8-16-13/h4-8H,1-3H3,(H2,14,15,16,17). The van der Waals surface area contributed by atoms with E-state index >= 15 is 0 Å². The van der Waals surface area contributed by atoms with Crippen molar-refractivity contribution in [2.45, 2.75) is 13.8 Å². The average molecular weight is 228 g/mol. The molecule has 2 N–H and O–H groups in total. The molecule has 17 heavy (non-hydrogen) atoms. The van der Waals surface area contributed by atoms with Crippen molar-refractivity contribution in [3.05, 3.63) is 41.7 Å². The molecule has 2 rings (SSSR count). The van der Waals surface area contributed by atoms with Crippen LogP contribution in [0.3, 0.4) is 0 Å². The van der Waals surface area contributed by atoms with E-state index in [9.17, 15) is 0 Å². The van der Waals surface area contributed by atoms with Crippen molar-refractivity contribution in [2.75, 3.05) is 17.7 Å². The van der Waals surface area contributed by atoms with Crippen LogP contribution in [0, 0.1) is 13.8 Å². The van der Waals surface area contributed by atoms with Crippen LogP contribution in [0.4, 0.5) is 17.3 Å². The van der Waals surface area contributed by atoms with Gasteiger partial charge in [0.1, 0.15) is 18.0 Å². The minimum Gasteiger partial charge on any atom is -0.373 e. The van der Waals surface area contributed by atoms with Crippen LogP contribution in [-0.4, -0.2) is 17.0 Å². The van der Waals surface area contributed by atoms with Gasteiger partial charge in [0.2, 0.25) is 0 Å². The molecule has 0 amide bonds. The lowest BCUT2D eigenvalue weighted by molar-refractivity contribution is 1.16. The van der Waals surface area contributed by atoms with Gasteiger partial charge in [-0.1, -0.05) is 12.1 Å². The number of benzene rings is 1. The van der Waals surface area contributed by atoms with E-state index in [2.05, 4.69) is 52.6 Å². The van der Waals surface area contributed by atoms with Gasteiger partial charge in [0.15, 0.2) is 0 Å². The van der Waals surface area contributed by atoms with Crippen molar-refractivity contribution in [2.24, 2.45) is 0 Å².